The number of benzene rings is 1. The van der Waals surface area contributed by atoms with Crippen LogP contribution in [0.4, 0.5) is 0 Å². The molecule has 0 amide bonds. The fourth-order valence-corrected chi connectivity index (χ4v) is 13.6. The largest absolute Gasteiger partial charge is 0.461 e. The summed E-state index contributed by atoms with van der Waals surface area (Å²) in [5.41, 5.74) is -1.64. The molecule has 3 aromatic rings. The number of sulfonamides is 1. The SMILES string of the molecule is C[C@]12CC[C@H]3[C@]4(C=C[C@@]5(C=C4C(=O)c4ccco4)CC(O)CC[C@]35C)[C@@H]1CC[C@@]2(O)CN(Cc1ccccc1)S(=O)(=O)c1cccs1. The van der Waals surface area contributed by atoms with Gasteiger partial charge in [0.25, 0.3) is 10.0 Å². The van der Waals surface area contributed by atoms with E-state index in [0.717, 1.165) is 36.8 Å². The molecule has 1 unspecified atom stereocenters. The topological polar surface area (TPSA) is 108 Å². The van der Waals surface area contributed by atoms with Crippen molar-refractivity contribution in [1.82, 2.24) is 4.31 Å². The van der Waals surface area contributed by atoms with E-state index in [0.29, 0.717) is 25.0 Å². The van der Waals surface area contributed by atoms with E-state index in [2.05, 4.69) is 32.1 Å². The number of allylic oxidation sites excluding steroid dienone is 4. The fraction of sp³-hybridized carbons (Fsp3) is 0.500. The molecule has 0 aliphatic heterocycles. The second kappa shape index (κ2) is 10.6. The van der Waals surface area contributed by atoms with Gasteiger partial charge in [0.15, 0.2) is 5.76 Å². The highest BCUT2D eigenvalue weighted by Gasteiger charge is 2.74. The summed E-state index contributed by atoms with van der Waals surface area (Å²) in [6.07, 6.45) is 12.6. The second-order valence-electron chi connectivity index (χ2n) is 15.3. The van der Waals surface area contributed by atoms with Crippen molar-refractivity contribution >= 4 is 27.1 Å². The zero-order valence-corrected chi connectivity index (χ0v) is 28.6. The molecule has 6 aliphatic carbocycles. The number of thiophene rings is 1. The molecule has 3 fully saturated rings. The van der Waals surface area contributed by atoms with Crippen molar-refractivity contribution in [3.05, 3.63) is 101 Å². The van der Waals surface area contributed by atoms with Gasteiger partial charge in [-0.25, -0.2) is 8.42 Å². The van der Waals surface area contributed by atoms with E-state index in [1.54, 1.807) is 29.6 Å². The van der Waals surface area contributed by atoms with E-state index in [1.165, 1.54) is 21.9 Å². The summed E-state index contributed by atoms with van der Waals surface area (Å²) in [4.78, 5) is 14.4. The Morgan fingerprint density at radius 1 is 0.957 bits per heavy atom. The van der Waals surface area contributed by atoms with Crippen LogP contribution in [0.2, 0.25) is 0 Å². The quantitative estimate of drug-likeness (QED) is 0.197. The second-order valence-corrected chi connectivity index (χ2v) is 18.4. The molecular formula is C38H43NO6S2. The highest BCUT2D eigenvalue weighted by Crippen LogP contribution is 2.78. The predicted octanol–water partition coefficient (Wildman–Crippen LogP) is 7.01. The van der Waals surface area contributed by atoms with Crippen LogP contribution < -0.4 is 0 Å². The van der Waals surface area contributed by atoms with Gasteiger partial charge in [-0.1, -0.05) is 68.5 Å². The Morgan fingerprint density at radius 2 is 1.70 bits per heavy atom. The first kappa shape index (κ1) is 31.4. The van der Waals surface area contributed by atoms with Crippen molar-refractivity contribution in [3.8, 4) is 0 Å². The summed E-state index contributed by atoms with van der Waals surface area (Å²) >= 11 is 1.19. The number of carbonyl (C=O) groups is 1. The van der Waals surface area contributed by atoms with Crippen LogP contribution in [0.15, 0.2) is 98.7 Å². The number of furan rings is 1. The van der Waals surface area contributed by atoms with Crippen molar-refractivity contribution in [1.29, 1.82) is 0 Å². The first-order valence-corrected chi connectivity index (χ1v) is 19.2. The Morgan fingerprint density at radius 3 is 2.43 bits per heavy atom. The van der Waals surface area contributed by atoms with Gasteiger partial charge in [-0.2, -0.15) is 4.31 Å². The molecule has 0 radical (unpaired) electrons. The lowest BCUT2D eigenvalue weighted by atomic mass is 9.32. The summed E-state index contributed by atoms with van der Waals surface area (Å²) in [5, 5.41) is 25.6. The van der Waals surface area contributed by atoms with Crippen molar-refractivity contribution in [2.24, 2.45) is 33.5 Å². The molecule has 9 heteroatoms. The molecule has 0 saturated heterocycles. The number of aliphatic hydroxyl groups is 2. The monoisotopic (exact) mass is 673 g/mol. The van der Waals surface area contributed by atoms with E-state index < -0.39 is 38.0 Å². The molecule has 3 saturated carbocycles. The Labute approximate surface area is 281 Å². The summed E-state index contributed by atoms with van der Waals surface area (Å²) in [6, 6.07) is 16.4. The summed E-state index contributed by atoms with van der Waals surface area (Å²) in [6.45, 7) is 4.62. The van der Waals surface area contributed by atoms with Gasteiger partial charge in [0, 0.05) is 34.9 Å². The van der Waals surface area contributed by atoms with Crippen molar-refractivity contribution in [2.45, 2.75) is 81.3 Å². The maximum Gasteiger partial charge on any atom is 0.252 e. The zero-order chi connectivity index (χ0) is 32.9. The lowest BCUT2D eigenvalue weighted by molar-refractivity contribution is -0.174. The Kier molecular flexibility index (Phi) is 7.08. The Hall–Kier alpha value is -2.82. The van der Waals surface area contributed by atoms with E-state index in [9.17, 15) is 23.4 Å². The van der Waals surface area contributed by atoms with Crippen LogP contribution in [-0.2, 0) is 16.6 Å². The van der Waals surface area contributed by atoms with Gasteiger partial charge in [-0.05, 0) is 91.3 Å². The molecule has 8 atom stereocenters. The molecule has 2 heterocycles. The minimum Gasteiger partial charge on any atom is -0.461 e. The standard InChI is InChI=1S/C38H43NO6S2/c1-34-15-12-27(40)22-36(34)18-19-38(28(23-36)33(41)29-10-6-20-45-29)30(34)13-16-35(2)31(38)14-17-37(35,42)25-39(24-26-8-4-3-5-9-26)47(43,44)32-11-7-21-46-32/h3-11,18-21,23,27,30-31,40,42H,12-17,22,24-25H2,1-2H3/t27?,30-,31-,34-,35+,36+,37-,38-/m1/s1. The third-order valence-electron chi connectivity index (χ3n) is 13.4. The lowest BCUT2D eigenvalue weighted by Gasteiger charge is -2.71. The highest BCUT2D eigenvalue weighted by atomic mass is 32.2. The van der Waals surface area contributed by atoms with Crippen molar-refractivity contribution < 1.29 is 27.8 Å². The molecule has 47 heavy (non-hydrogen) atoms. The average molecular weight is 674 g/mol. The number of carbonyl (C=O) groups excluding carboxylic acids is 1. The van der Waals surface area contributed by atoms with Gasteiger partial charge in [-0.15, -0.1) is 11.3 Å². The normalized spacial score (nSPS) is 38.9. The molecule has 248 valence electrons. The highest BCUT2D eigenvalue weighted by molar-refractivity contribution is 7.91. The van der Waals surface area contributed by atoms with Gasteiger partial charge < -0.3 is 14.6 Å². The number of hydrogen-bond donors (Lipinski definition) is 2. The molecule has 1 aromatic carbocycles. The fourth-order valence-electron chi connectivity index (χ4n) is 11.0. The van der Waals surface area contributed by atoms with Gasteiger partial charge in [0.2, 0.25) is 5.78 Å². The summed E-state index contributed by atoms with van der Waals surface area (Å²) in [5.74, 6) is 0.222. The van der Waals surface area contributed by atoms with Crippen LogP contribution in [0.5, 0.6) is 0 Å². The molecule has 9 rings (SSSR count). The maximum atomic E-state index is 14.4. The number of ketones is 1. The Balaban J connectivity index is 1.23. The molecule has 6 aliphatic rings. The van der Waals surface area contributed by atoms with E-state index >= 15 is 0 Å². The first-order valence-electron chi connectivity index (χ1n) is 16.9. The van der Waals surface area contributed by atoms with Crippen LogP contribution >= 0.6 is 11.3 Å². The first-order chi connectivity index (χ1) is 22.4. The average Bonchev–Trinajstić information content (AvgIpc) is 3.83. The van der Waals surface area contributed by atoms with Gasteiger partial charge in [-0.3, -0.25) is 4.79 Å². The summed E-state index contributed by atoms with van der Waals surface area (Å²) in [7, 11) is -3.89. The summed E-state index contributed by atoms with van der Waals surface area (Å²) < 4.78 is 35.8. The molecule has 2 aromatic heterocycles. The van der Waals surface area contributed by atoms with Crippen molar-refractivity contribution in [2.75, 3.05) is 6.54 Å². The maximum absolute atomic E-state index is 14.4. The van der Waals surface area contributed by atoms with Crippen LogP contribution in [-0.4, -0.2) is 47.0 Å². The molecule has 7 nitrogen and oxygen atoms in total. The number of fused-ring (bicyclic) bond motifs is 1. The van der Waals surface area contributed by atoms with Crippen LogP contribution in [0.25, 0.3) is 0 Å². The number of Topliss-reactive ketones (excluding diaryl/α,β-unsaturated/α-hetero) is 1. The van der Waals surface area contributed by atoms with Crippen LogP contribution in [0, 0.1) is 33.5 Å². The molecular weight excluding hydrogens is 631 g/mol. The molecule has 2 spiro atoms. The predicted molar refractivity (Wildman–Crippen MR) is 180 cm³/mol. The van der Waals surface area contributed by atoms with Gasteiger partial charge >= 0.3 is 0 Å². The molecule has 2 N–H and O–H groups in total. The van der Waals surface area contributed by atoms with Crippen LogP contribution in [0.3, 0.4) is 0 Å². The minimum atomic E-state index is -3.89. The van der Waals surface area contributed by atoms with Gasteiger partial charge in [0.1, 0.15) is 4.21 Å². The third kappa shape index (κ3) is 4.26. The van der Waals surface area contributed by atoms with E-state index in [4.69, 9.17) is 4.42 Å². The lowest BCUT2D eigenvalue weighted by Crippen LogP contribution is -2.67. The van der Waals surface area contributed by atoms with Gasteiger partial charge in [0.05, 0.1) is 18.0 Å². The number of nitrogens with zero attached hydrogens (tertiary/aromatic N) is 1. The minimum absolute atomic E-state index is 0.0296. The number of aliphatic hydroxyl groups excluding tert-OH is 1. The van der Waals surface area contributed by atoms with E-state index in [-0.39, 0.29) is 40.3 Å². The zero-order valence-electron chi connectivity index (χ0n) is 27.0. The number of rotatable bonds is 8. The Bertz CT molecular complexity index is 1850. The smallest absolute Gasteiger partial charge is 0.252 e. The van der Waals surface area contributed by atoms with E-state index in [1.807, 2.05) is 30.3 Å². The molecule has 2 bridgehead atoms. The van der Waals surface area contributed by atoms with Crippen LogP contribution in [0.1, 0.15) is 74.9 Å². The number of hydrogen-bond acceptors (Lipinski definition) is 7. The third-order valence-corrected chi connectivity index (χ3v) is 16.6. The van der Waals surface area contributed by atoms with Crippen molar-refractivity contribution in [3.63, 3.8) is 0 Å².